The van der Waals surface area contributed by atoms with Crippen LogP contribution in [0.15, 0.2) is 17.4 Å². The van der Waals surface area contributed by atoms with E-state index in [2.05, 4.69) is 52.6 Å². The number of nitrogens with one attached hydrogen (secondary N) is 2. The average Bonchev–Trinajstić information content (AvgIpc) is 3.00. The van der Waals surface area contributed by atoms with Gasteiger partial charge in [0.2, 0.25) is 0 Å². The number of aryl methyl sites for hydroxylation is 2. The van der Waals surface area contributed by atoms with Crippen molar-refractivity contribution in [3.05, 3.63) is 18.0 Å². The fraction of sp³-hybridized carbons (Fsp3) is 0.778. The van der Waals surface area contributed by atoms with Crippen LogP contribution in [0.2, 0.25) is 0 Å². The Morgan fingerprint density at radius 2 is 2.00 bits per heavy atom. The second kappa shape index (κ2) is 9.06. The number of piperidine rings is 1. The highest BCUT2D eigenvalue weighted by molar-refractivity contribution is 5.79. The van der Waals surface area contributed by atoms with Gasteiger partial charge in [-0.2, -0.15) is 5.10 Å². The Morgan fingerprint density at radius 3 is 2.62 bits per heavy atom. The zero-order valence-corrected chi connectivity index (χ0v) is 15.8. The van der Waals surface area contributed by atoms with Crippen LogP contribution in [0.5, 0.6) is 0 Å². The molecule has 2 N–H and O–H groups in total. The van der Waals surface area contributed by atoms with Crippen LogP contribution >= 0.6 is 0 Å². The molecule has 0 radical (unpaired) electrons. The second-order valence-electron chi connectivity index (χ2n) is 7.35. The molecule has 0 unspecified atom stereocenters. The third kappa shape index (κ3) is 5.82. The molecule has 0 atom stereocenters. The van der Waals surface area contributed by atoms with E-state index in [0.717, 1.165) is 32.0 Å². The maximum absolute atomic E-state index is 4.34. The predicted molar refractivity (Wildman–Crippen MR) is 100 cm³/mol. The average molecular weight is 335 g/mol. The zero-order valence-electron chi connectivity index (χ0n) is 15.8. The smallest absolute Gasteiger partial charge is 0.191 e. The van der Waals surface area contributed by atoms with Gasteiger partial charge in [-0.1, -0.05) is 6.42 Å². The van der Waals surface area contributed by atoms with Gasteiger partial charge in [-0.3, -0.25) is 14.6 Å². The number of hydrogen-bond acceptors (Lipinski definition) is 3. The summed E-state index contributed by atoms with van der Waals surface area (Å²) in [5.74, 6) is 0.886. The number of aromatic nitrogens is 2. The van der Waals surface area contributed by atoms with Crippen molar-refractivity contribution in [2.75, 3.05) is 33.2 Å². The summed E-state index contributed by atoms with van der Waals surface area (Å²) in [7, 11) is 1.83. The molecule has 1 aromatic rings. The van der Waals surface area contributed by atoms with Crippen molar-refractivity contribution < 1.29 is 0 Å². The molecule has 0 bridgehead atoms. The van der Waals surface area contributed by atoms with Crippen molar-refractivity contribution in [3.8, 4) is 0 Å². The molecular formula is C18H34N6. The van der Waals surface area contributed by atoms with Gasteiger partial charge in [0.1, 0.15) is 0 Å². The highest BCUT2D eigenvalue weighted by Crippen LogP contribution is 2.19. The third-order valence-electron chi connectivity index (χ3n) is 4.74. The van der Waals surface area contributed by atoms with Crippen molar-refractivity contribution in [3.63, 3.8) is 0 Å². The fourth-order valence-electron chi connectivity index (χ4n) is 3.17. The number of nitrogens with zero attached hydrogens (tertiary/aromatic N) is 4. The minimum atomic E-state index is 0.157. The monoisotopic (exact) mass is 334 g/mol. The SMILES string of the molecule is CN=C(NCCCn1cc(C)cn1)NCC(C)(C)N1CCCCC1. The van der Waals surface area contributed by atoms with Gasteiger partial charge in [0, 0.05) is 38.4 Å². The van der Waals surface area contributed by atoms with Gasteiger partial charge >= 0.3 is 0 Å². The van der Waals surface area contributed by atoms with Crippen LogP contribution in [0, 0.1) is 6.92 Å². The van der Waals surface area contributed by atoms with Crippen LogP contribution in [-0.4, -0.2) is 59.4 Å². The molecule has 1 saturated heterocycles. The van der Waals surface area contributed by atoms with Crippen LogP contribution in [0.1, 0.15) is 45.1 Å². The Bertz CT molecular complexity index is 513. The van der Waals surface area contributed by atoms with Gasteiger partial charge in [0.25, 0.3) is 0 Å². The molecule has 1 fully saturated rings. The summed E-state index contributed by atoms with van der Waals surface area (Å²) in [6, 6.07) is 0. The van der Waals surface area contributed by atoms with Gasteiger partial charge in [-0.15, -0.1) is 0 Å². The normalized spacial score (nSPS) is 17.1. The Hall–Kier alpha value is -1.56. The molecule has 136 valence electrons. The number of rotatable bonds is 7. The highest BCUT2D eigenvalue weighted by Gasteiger charge is 2.27. The van der Waals surface area contributed by atoms with E-state index >= 15 is 0 Å². The molecule has 1 aliphatic rings. The zero-order chi connectivity index (χ0) is 17.4. The van der Waals surface area contributed by atoms with Crippen molar-refractivity contribution in [2.45, 2.75) is 58.5 Å². The lowest BCUT2D eigenvalue weighted by Gasteiger charge is -2.41. The summed E-state index contributed by atoms with van der Waals surface area (Å²) in [6.45, 7) is 11.9. The summed E-state index contributed by atoms with van der Waals surface area (Å²) in [5.41, 5.74) is 1.37. The molecule has 0 amide bonds. The largest absolute Gasteiger partial charge is 0.356 e. The maximum Gasteiger partial charge on any atom is 0.191 e. The summed E-state index contributed by atoms with van der Waals surface area (Å²) in [6.07, 6.45) is 9.02. The van der Waals surface area contributed by atoms with Gasteiger partial charge in [0.05, 0.1) is 6.20 Å². The van der Waals surface area contributed by atoms with Crippen LogP contribution in [0.3, 0.4) is 0 Å². The molecule has 1 aromatic heterocycles. The van der Waals surface area contributed by atoms with Gasteiger partial charge in [0.15, 0.2) is 5.96 Å². The molecule has 1 aliphatic heterocycles. The van der Waals surface area contributed by atoms with Crippen molar-refractivity contribution in [2.24, 2.45) is 4.99 Å². The quantitative estimate of drug-likeness (QED) is 0.455. The number of hydrogen-bond donors (Lipinski definition) is 2. The van der Waals surface area contributed by atoms with Gasteiger partial charge < -0.3 is 10.6 Å². The highest BCUT2D eigenvalue weighted by atomic mass is 15.3. The molecule has 6 heteroatoms. The van der Waals surface area contributed by atoms with Gasteiger partial charge in [-0.05, 0) is 58.7 Å². The minimum Gasteiger partial charge on any atom is -0.356 e. The van der Waals surface area contributed by atoms with E-state index in [0.29, 0.717) is 0 Å². The van der Waals surface area contributed by atoms with E-state index in [1.165, 1.54) is 37.9 Å². The first-order valence-corrected chi connectivity index (χ1v) is 9.20. The van der Waals surface area contributed by atoms with E-state index < -0.39 is 0 Å². The lowest BCUT2D eigenvalue weighted by Crippen LogP contribution is -2.54. The number of likely N-dealkylation sites (tertiary alicyclic amines) is 1. The van der Waals surface area contributed by atoms with E-state index in [1.807, 2.05) is 17.9 Å². The van der Waals surface area contributed by atoms with Crippen LogP contribution in [0.25, 0.3) is 0 Å². The van der Waals surface area contributed by atoms with E-state index in [4.69, 9.17) is 0 Å². The molecule has 0 spiro atoms. The Balaban J connectivity index is 1.67. The summed E-state index contributed by atoms with van der Waals surface area (Å²) >= 11 is 0. The van der Waals surface area contributed by atoms with Gasteiger partial charge in [-0.25, -0.2) is 0 Å². The Labute approximate surface area is 146 Å². The first-order chi connectivity index (χ1) is 11.5. The summed E-state index contributed by atoms with van der Waals surface area (Å²) in [4.78, 5) is 6.93. The van der Waals surface area contributed by atoms with Crippen LogP contribution in [-0.2, 0) is 6.54 Å². The molecule has 6 nitrogen and oxygen atoms in total. The molecule has 0 aliphatic carbocycles. The predicted octanol–water partition coefficient (Wildman–Crippen LogP) is 2.01. The molecule has 24 heavy (non-hydrogen) atoms. The molecule has 2 heterocycles. The fourth-order valence-corrected chi connectivity index (χ4v) is 3.17. The first kappa shape index (κ1) is 18.8. The molecular weight excluding hydrogens is 300 g/mol. The number of aliphatic imine (C=N–C) groups is 1. The Morgan fingerprint density at radius 1 is 1.25 bits per heavy atom. The Kier molecular flexibility index (Phi) is 7.09. The van der Waals surface area contributed by atoms with Crippen molar-refractivity contribution in [1.82, 2.24) is 25.3 Å². The number of guanidine groups is 1. The van der Waals surface area contributed by atoms with E-state index in [9.17, 15) is 0 Å². The lowest BCUT2D eigenvalue weighted by atomic mass is 9.98. The van der Waals surface area contributed by atoms with Crippen molar-refractivity contribution in [1.29, 1.82) is 0 Å². The van der Waals surface area contributed by atoms with E-state index in [1.54, 1.807) is 0 Å². The maximum atomic E-state index is 4.34. The molecule has 2 rings (SSSR count). The van der Waals surface area contributed by atoms with Crippen LogP contribution < -0.4 is 10.6 Å². The van der Waals surface area contributed by atoms with E-state index in [-0.39, 0.29) is 5.54 Å². The van der Waals surface area contributed by atoms with Crippen LogP contribution in [0.4, 0.5) is 0 Å². The minimum absolute atomic E-state index is 0.157. The molecule has 0 saturated carbocycles. The third-order valence-corrected chi connectivity index (χ3v) is 4.74. The molecule has 0 aromatic carbocycles. The standard InChI is InChI=1S/C18H34N6/c1-16-13-22-24(14-16)12-8-9-20-17(19-4)21-15-18(2,3)23-10-6-5-7-11-23/h13-14H,5-12,15H2,1-4H3,(H2,19,20,21). The summed E-state index contributed by atoms with van der Waals surface area (Å²) < 4.78 is 1.99. The first-order valence-electron chi connectivity index (χ1n) is 9.20. The summed E-state index contributed by atoms with van der Waals surface area (Å²) in [5, 5.41) is 11.2. The lowest BCUT2D eigenvalue weighted by molar-refractivity contribution is 0.0982. The topological polar surface area (TPSA) is 57.5 Å². The second-order valence-corrected chi connectivity index (χ2v) is 7.35. The van der Waals surface area contributed by atoms with Crippen molar-refractivity contribution >= 4 is 5.96 Å².